The average Bonchev–Trinajstić information content (AvgIpc) is 2.61. The van der Waals surface area contributed by atoms with Gasteiger partial charge >= 0.3 is 0 Å². The van der Waals surface area contributed by atoms with Crippen LogP contribution in [0.4, 0.5) is 11.4 Å². The Morgan fingerprint density at radius 3 is 2.96 bits per heavy atom. The molecule has 126 valence electrons. The molecule has 1 aromatic heterocycles. The monoisotopic (exact) mass is 387 g/mol. The number of amides is 1. The van der Waals surface area contributed by atoms with Gasteiger partial charge in [-0.15, -0.1) is 0 Å². The van der Waals surface area contributed by atoms with Gasteiger partial charge in [-0.05, 0) is 49.9 Å². The molecule has 3 rings (SSSR count). The van der Waals surface area contributed by atoms with E-state index in [2.05, 4.69) is 33.2 Å². The largest absolute Gasteiger partial charge is 0.354 e. The number of halogens is 1. The zero-order valence-electron chi connectivity index (χ0n) is 13.8. The Morgan fingerprint density at radius 2 is 2.17 bits per heavy atom. The van der Waals surface area contributed by atoms with Gasteiger partial charge in [-0.3, -0.25) is 9.78 Å². The maximum atomic E-state index is 12.9. The Labute approximate surface area is 151 Å². The van der Waals surface area contributed by atoms with Crippen LogP contribution in [0.5, 0.6) is 0 Å². The second-order valence-electron chi connectivity index (χ2n) is 6.15. The van der Waals surface area contributed by atoms with Gasteiger partial charge in [0.15, 0.2) is 0 Å². The minimum atomic E-state index is 0.0898. The van der Waals surface area contributed by atoms with Crippen molar-refractivity contribution in [2.45, 2.75) is 38.6 Å². The van der Waals surface area contributed by atoms with Crippen molar-refractivity contribution >= 4 is 33.2 Å². The molecule has 1 saturated heterocycles. The summed E-state index contributed by atoms with van der Waals surface area (Å²) in [6, 6.07) is 10.2. The topological polar surface area (TPSA) is 45.2 Å². The van der Waals surface area contributed by atoms with E-state index in [1.165, 1.54) is 6.42 Å². The van der Waals surface area contributed by atoms with Gasteiger partial charge in [0.05, 0.1) is 17.4 Å². The second-order valence-corrected chi connectivity index (χ2v) is 7.07. The highest BCUT2D eigenvalue weighted by molar-refractivity contribution is 9.10. The van der Waals surface area contributed by atoms with E-state index >= 15 is 0 Å². The number of piperidine rings is 1. The smallest absolute Gasteiger partial charge is 0.255 e. The lowest BCUT2D eigenvalue weighted by Gasteiger charge is -2.35. The van der Waals surface area contributed by atoms with E-state index < -0.39 is 0 Å². The summed E-state index contributed by atoms with van der Waals surface area (Å²) in [5.74, 6) is 0.0898. The van der Waals surface area contributed by atoms with Crippen LogP contribution >= 0.6 is 15.9 Å². The van der Waals surface area contributed by atoms with E-state index in [9.17, 15) is 4.79 Å². The number of nitrogens with one attached hydrogen (secondary N) is 1. The number of carbonyl (C=O) groups is 1. The predicted octanol–water partition coefficient (Wildman–Crippen LogP) is 4.99. The van der Waals surface area contributed by atoms with Crippen molar-refractivity contribution in [3.05, 3.63) is 52.8 Å². The van der Waals surface area contributed by atoms with Crippen LogP contribution in [-0.2, 0) is 0 Å². The van der Waals surface area contributed by atoms with Gasteiger partial charge in [-0.1, -0.05) is 28.9 Å². The van der Waals surface area contributed by atoms with Crippen molar-refractivity contribution in [1.82, 2.24) is 9.88 Å². The molecule has 0 aliphatic carbocycles. The summed E-state index contributed by atoms with van der Waals surface area (Å²) in [6.07, 6.45) is 7.82. The summed E-state index contributed by atoms with van der Waals surface area (Å²) in [4.78, 5) is 19.1. The molecule has 4 nitrogen and oxygen atoms in total. The molecule has 2 heterocycles. The fraction of sp³-hybridized carbons (Fsp3) is 0.368. The van der Waals surface area contributed by atoms with E-state index in [1.807, 2.05) is 35.2 Å². The van der Waals surface area contributed by atoms with Gasteiger partial charge in [-0.2, -0.15) is 0 Å². The highest BCUT2D eigenvalue weighted by Crippen LogP contribution is 2.24. The molecule has 0 saturated carbocycles. The van der Waals surface area contributed by atoms with Crippen molar-refractivity contribution in [3.63, 3.8) is 0 Å². The zero-order chi connectivity index (χ0) is 16.9. The first kappa shape index (κ1) is 17.0. The summed E-state index contributed by atoms with van der Waals surface area (Å²) in [5, 5.41) is 3.30. The van der Waals surface area contributed by atoms with Crippen molar-refractivity contribution in [3.8, 4) is 0 Å². The SMILES string of the molecule is CCC1CCCCN1C(=O)c1cncc(Nc2cccc(Br)c2)c1. The Morgan fingerprint density at radius 1 is 1.29 bits per heavy atom. The predicted molar refractivity (Wildman–Crippen MR) is 101 cm³/mol. The Kier molecular flexibility index (Phi) is 5.51. The maximum absolute atomic E-state index is 12.9. The van der Waals surface area contributed by atoms with Gasteiger partial charge in [-0.25, -0.2) is 0 Å². The summed E-state index contributed by atoms with van der Waals surface area (Å²) >= 11 is 3.46. The molecule has 2 aromatic rings. The fourth-order valence-corrected chi connectivity index (χ4v) is 3.62. The number of nitrogens with zero attached hydrogens (tertiary/aromatic N) is 2. The first-order valence-electron chi connectivity index (χ1n) is 8.46. The number of likely N-dealkylation sites (tertiary alicyclic amines) is 1. The van der Waals surface area contributed by atoms with Crippen LogP contribution < -0.4 is 5.32 Å². The first-order valence-corrected chi connectivity index (χ1v) is 9.25. The van der Waals surface area contributed by atoms with Gasteiger partial charge < -0.3 is 10.2 Å². The molecule has 1 aliphatic rings. The summed E-state index contributed by atoms with van der Waals surface area (Å²) in [6.45, 7) is 3.00. The molecule has 1 aliphatic heterocycles. The third kappa shape index (κ3) is 3.96. The maximum Gasteiger partial charge on any atom is 0.255 e. The molecule has 0 spiro atoms. The summed E-state index contributed by atoms with van der Waals surface area (Å²) in [5.41, 5.74) is 2.43. The summed E-state index contributed by atoms with van der Waals surface area (Å²) < 4.78 is 1.01. The number of aromatic nitrogens is 1. The van der Waals surface area contributed by atoms with Crippen LogP contribution in [0.2, 0.25) is 0 Å². The molecule has 1 fully saturated rings. The van der Waals surface area contributed by atoms with Gasteiger partial charge in [0.25, 0.3) is 5.91 Å². The van der Waals surface area contributed by atoms with E-state index in [-0.39, 0.29) is 5.91 Å². The number of carbonyl (C=O) groups excluding carboxylic acids is 1. The normalized spacial score (nSPS) is 17.6. The fourth-order valence-electron chi connectivity index (χ4n) is 3.22. The van der Waals surface area contributed by atoms with Gasteiger partial charge in [0.1, 0.15) is 0 Å². The van der Waals surface area contributed by atoms with Gasteiger partial charge in [0, 0.05) is 28.9 Å². The number of benzene rings is 1. The molecule has 5 heteroatoms. The Bertz CT molecular complexity index is 719. The first-order chi connectivity index (χ1) is 11.7. The van der Waals surface area contributed by atoms with Crippen LogP contribution in [-0.4, -0.2) is 28.4 Å². The van der Waals surface area contributed by atoms with E-state index in [0.717, 1.165) is 41.7 Å². The molecule has 24 heavy (non-hydrogen) atoms. The number of rotatable bonds is 4. The van der Waals surface area contributed by atoms with Crippen LogP contribution in [0.3, 0.4) is 0 Å². The quantitative estimate of drug-likeness (QED) is 0.803. The standard InChI is InChI=1S/C19H22BrN3O/c1-2-18-8-3-4-9-23(18)19(24)14-10-17(13-21-12-14)22-16-7-5-6-15(20)11-16/h5-7,10-13,18,22H,2-4,8-9H2,1H3. The number of hydrogen-bond acceptors (Lipinski definition) is 3. The van der Waals surface area contributed by atoms with E-state index in [0.29, 0.717) is 11.6 Å². The van der Waals surface area contributed by atoms with Crippen molar-refractivity contribution in [1.29, 1.82) is 0 Å². The van der Waals surface area contributed by atoms with Crippen molar-refractivity contribution in [2.24, 2.45) is 0 Å². The average molecular weight is 388 g/mol. The number of hydrogen-bond donors (Lipinski definition) is 1. The Balaban J connectivity index is 1.78. The number of pyridine rings is 1. The molecule has 1 unspecified atom stereocenters. The minimum Gasteiger partial charge on any atom is -0.354 e. The van der Waals surface area contributed by atoms with Crippen LogP contribution in [0.1, 0.15) is 43.0 Å². The van der Waals surface area contributed by atoms with E-state index in [1.54, 1.807) is 12.4 Å². The molecule has 1 atom stereocenters. The lowest BCUT2D eigenvalue weighted by atomic mass is 9.99. The molecule has 1 aromatic carbocycles. The van der Waals surface area contributed by atoms with E-state index in [4.69, 9.17) is 0 Å². The van der Waals surface area contributed by atoms with Crippen molar-refractivity contribution < 1.29 is 4.79 Å². The third-order valence-electron chi connectivity index (χ3n) is 4.46. The third-order valence-corrected chi connectivity index (χ3v) is 4.95. The van der Waals surface area contributed by atoms with Crippen LogP contribution in [0.25, 0.3) is 0 Å². The van der Waals surface area contributed by atoms with Crippen molar-refractivity contribution in [2.75, 3.05) is 11.9 Å². The lowest BCUT2D eigenvalue weighted by Crippen LogP contribution is -2.43. The highest BCUT2D eigenvalue weighted by atomic mass is 79.9. The molecule has 0 radical (unpaired) electrons. The molecular weight excluding hydrogens is 366 g/mol. The molecular formula is C19H22BrN3O. The Hall–Kier alpha value is -1.88. The zero-order valence-corrected chi connectivity index (χ0v) is 15.4. The minimum absolute atomic E-state index is 0.0898. The molecule has 0 bridgehead atoms. The molecule has 1 amide bonds. The molecule has 1 N–H and O–H groups in total. The second kappa shape index (κ2) is 7.79. The summed E-state index contributed by atoms with van der Waals surface area (Å²) in [7, 11) is 0. The van der Waals surface area contributed by atoms with Crippen LogP contribution in [0.15, 0.2) is 47.2 Å². The number of anilines is 2. The lowest BCUT2D eigenvalue weighted by molar-refractivity contribution is 0.0607. The van der Waals surface area contributed by atoms with Crippen LogP contribution in [0, 0.1) is 0 Å². The highest BCUT2D eigenvalue weighted by Gasteiger charge is 2.26. The van der Waals surface area contributed by atoms with Gasteiger partial charge in [0.2, 0.25) is 0 Å².